The first-order valence-electron chi connectivity index (χ1n) is 10.8. The van der Waals surface area contributed by atoms with Crippen molar-refractivity contribution in [2.24, 2.45) is 0 Å². The van der Waals surface area contributed by atoms with Crippen molar-refractivity contribution in [2.45, 2.75) is 51.3 Å². The molecule has 0 amide bonds. The molecule has 10 heteroatoms. The third-order valence-corrected chi connectivity index (χ3v) is 8.04. The molecular weight excluding hydrogens is 483 g/mol. The number of thiazole rings is 1. The van der Waals surface area contributed by atoms with Crippen molar-refractivity contribution in [3.63, 3.8) is 0 Å². The number of aryl methyl sites for hydroxylation is 1. The molecule has 6 rings (SSSR count). The lowest BCUT2D eigenvalue weighted by Gasteiger charge is -2.27. The van der Waals surface area contributed by atoms with Crippen LogP contribution in [-0.4, -0.2) is 19.6 Å². The fourth-order valence-electron chi connectivity index (χ4n) is 4.30. The fourth-order valence-corrected chi connectivity index (χ4v) is 6.17. The summed E-state index contributed by atoms with van der Waals surface area (Å²) in [7, 11) is 0. The van der Waals surface area contributed by atoms with Crippen LogP contribution in [0.1, 0.15) is 47.8 Å². The zero-order valence-electron chi connectivity index (χ0n) is 17.8. The fraction of sp³-hybridized carbons (Fsp3) is 0.348. The van der Waals surface area contributed by atoms with E-state index in [-0.39, 0.29) is 6.61 Å². The van der Waals surface area contributed by atoms with E-state index in [2.05, 4.69) is 15.1 Å². The van der Waals surface area contributed by atoms with E-state index in [4.69, 9.17) is 20.8 Å². The molecule has 33 heavy (non-hydrogen) atoms. The van der Waals surface area contributed by atoms with Gasteiger partial charge in [-0.2, -0.15) is 5.10 Å². The van der Waals surface area contributed by atoms with E-state index in [0.29, 0.717) is 51.4 Å². The van der Waals surface area contributed by atoms with Crippen molar-refractivity contribution < 1.29 is 13.5 Å². The predicted molar refractivity (Wildman–Crippen MR) is 128 cm³/mol. The van der Waals surface area contributed by atoms with Crippen LogP contribution in [-0.2, 0) is 12.3 Å². The van der Waals surface area contributed by atoms with Crippen LogP contribution in [0.3, 0.4) is 0 Å². The summed E-state index contributed by atoms with van der Waals surface area (Å²) in [4.78, 5) is 9.96. The van der Waals surface area contributed by atoms with Gasteiger partial charge in [0.15, 0.2) is 11.4 Å². The summed E-state index contributed by atoms with van der Waals surface area (Å²) in [6, 6.07) is 5.40. The largest absolute Gasteiger partial charge is 0.486 e. The quantitative estimate of drug-likeness (QED) is 0.251. The first-order chi connectivity index (χ1) is 16.0. The molecule has 0 aliphatic heterocycles. The second-order valence-electron chi connectivity index (χ2n) is 8.36. The molecular formula is C23H20ClFN4O2S2. The van der Waals surface area contributed by atoms with E-state index in [1.807, 2.05) is 24.6 Å². The van der Waals surface area contributed by atoms with Crippen LogP contribution in [0.4, 0.5) is 4.39 Å². The number of nitrogens with zero attached hydrogens (tertiary/aromatic N) is 4. The third-order valence-electron chi connectivity index (χ3n) is 5.92. The summed E-state index contributed by atoms with van der Waals surface area (Å²) < 4.78 is 29.1. The van der Waals surface area contributed by atoms with Gasteiger partial charge in [-0.1, -0.05) is 29.4 Å². The minimum absolute atomic E-state index is 0.228. The average Bonchev–Trinajstić information content (AvgIpc) is 3.55. The lowest BCUT2D eigenvalue weighted by Crippen LogP contribution is -2.23. The van der Waals surface area contributed by atoms with Crippen molar-refractivity contribution in [1.29, 1.82) is 0 Å². The maximum atomic E-state index is 15.2. The smallest absolute Gasteiger partial charge is 0.212 e. The Labute approximate surface area is 202 Å². The van der Waals surface area contributed by atoms with Gasteiger partial charge in [0.2, 0.25) is 4.96 Å². The molecule has 6 nitrogen and oxygen atoms in total. The molecule has 0 atom stereocenters. The van der Waals surface area contributed by atoms with E-state index >= 15 is 4.39 Å². The van der Waals surface area contributed by atoms with Crippen molar-refractivity contribution in [3.05, 3.63) is 50.5 Å². The van der Waals surface area contributed by atoms with Crippen LogP contribution >= 0.6 is 34.3 Å². The number of furan rings is 1. The molecule has 0 spiro atoms. The van der Waals surface area contributed by atoms with Gasteiger partial charge in [0, 0.05) is 16.5 Å². The van der Waals surface area contributed by atoms with Crippen LogP contribution < -0.4 is 4.74 Å². The Morgan fingerprint density at radius 2 is 2.06 bits per heavy atom. The molecule has 0 bridgehead atoms. The molecule has 1 fully saturated rings. The third kappa shape index (κ3) is 3.92. The normalized spacial score (nSPS) is 16.1. The molecule has 1 saturated carbocycles. The molecule has 170 valence electrons. The van der Waals surface area contributed by atoms with Gasteiger partial charge in [-0.15, -0.1) is 11.3 Å². The van der Waals surface area contributed by atoms with E-state index in [1.54, 1.807) is 16.6 Å². The van der Waals surface area contributed by atoms with Crippen LogP contribution in [0.2, 0.25) is 5.02 Å². The minimum atomic E-state index is -1.30. The van der Waals surface area contributed by atoms with Crippen molar-refractivity contribution in [2.75, 3.05) is 0 Å². The lowest BCUT2D eigenvalue weighted by atomic mass is 9.87. The Bertz CT molecular complexity index is 1430. The average molecular weight is 503 g/mol. The number of fused-ring (bicyclic) bond motifs is 2. The molecule has 0 radical (unpaired) electrons. The highest BCUT2D eigenvalue weighted by Gasteiger charge is 2.36. The van der Waals surface area contributed by atoms with Gasteiger partial charge in [0.1, 0.15) is 33.6 Å². The number of hydrogen-bond acceptors (Lipinski definition) is 7. The van der Waals surface area contributed by atoms with Gasteiger partial charge >= 0.3 is 0 Å². The summed E-state index contributed by atoms with van der Waals surface area (Å²) in [6.45, 7) is 2.17. The highest BCUT2D eigenvalue weighted by atomic mass is 35.5. The van der Waals surface area contributed by atoms with E-state index in [0.717, 1.165) is 34.6 Å². The molecule has 1 aliphatic rings. The molecule has 5 aromatic rings. The van der Waals surface area contributed by atoms with E-state index in [1.165, 1.54) is 22.7 Å². The molecule has 4 heterocycles. The SMILES string of the molecule is Cc1nn2cc(-c3cc4c(OCc5csc(C6(F)CCCCC6)n5)cc(Cl)cc4o3)nc2s1. The summed E-state index contributed by atoms with van der Waals surface area (Å²) in [5.74, 6) is 1.20. The second-order valence-corrected chi connectivity index (χ2v) is 10.8. The molecule has 1 aliphatic carbocycles. The first-order valence-corrected chi connectivity index (χ1v) is 12.9. The van der Waals surface area contributed by atoms with Crippen molar-refractivity contribution >= 4 is 50.2 Å². The highest BCUT2D eigenvalue weighted by Crippen LogP contribution is 2.42. The van der Waals surface area contributed by atoms with Crippen LogP contribution in [0.25, 0.3) is 27.4 Å². The summed E-state index contributed by atoms with van der Waals surface area (Å²) in [5, 5.41) is 9.08. The van der Waals surface area contributed by atoms with E-state index in [9.17, 15) is 0 Å². The van der Waals surface area contributed by atoms with Gasteiger partial charge in [-0.25, -0.2) is 18.9 Å². The van der Waals surface area contributed by atoms with Crippen molar-refractivity contribution in [3.8, 4) is 17.2 Å². The van der Waals surface area contributed by atoms with Gasteiger partial charge in [-0.3, -0.25) is 0 Å². The molecule has 0 unspecified atom stereocenters. The maximum absolute atomic E-state index is 15.2. The number of halogens is 2. The highest BCUT2D eigenvalue weighted by molar-refractivity contribution is 7.16. The zero-order valence-corrected chi connectivity index (χ0v) is 20.2. The van der Waals surface area contributed by atoms with Crippen LogP contribution in [0.5, 0.6) is 5.75 Å². The second kappa shape index (κ2) is 8.07. The number of benzene rings is 1. The maximum Gasteiger partial charge on any atom is 0.212 e. The summed E-state index contributed by atoms with van der Waals surface area (Å²) >= 11 is 9.21. The first kappa shape index (κ1) is 21.1. The monoisotopic (exact) mass is 502 g/mol. The Morgan fingerprint density at radius 3 is 2.88 bits per heavy atom. The Morgan fingerprint density at radius 1 is 1.21 bits per heavy atom. The number of ether oxygens (including phenoxy) is 1. The summed E-state index contributed by atoms with van der Waals surface area (Å²) in [6.07, 6.45) is 5.86. The molecule has 1 aromatic carbocycles. The van der Waals surface area contributed by atoms with Crippen LogP contribution in [0.15, 0.2) is 34.2 Å². The predicted octanol–water partition coefficient (Wildman–Crippen LogP) is 7.33. The lowest BCUT2D eigenvalue weighted by molar-refractivity contribution is 0.105. The van der Waals surface area contributed by atoms with Gasteiger partial charge in [0.05, 0.1) is 17.3 Å². The van der Waals surface area contributed by atoms with Crippen LogP contribution in [0, 0.1) is 6.92 Å². The Balaban J connectivity index is 1.26. The Hall–Kier alpha value is -2.49. The number of alkyl halides is 1. The van der Waals surface area contributed by atoms with Gasteiger partial charge < -0.3 is 9.15 Å². The zero-order chi connectivity index (χ0) is 22.6. The van der Waals surface area contributed by atoms with E-state index < -0.39 is 5.67 Å². The standard InChI is InChI=1S/C23H20ClFN4O2S2/c1-13-28-29-10-17(27-22(29)33-13)20-9-16-18(7-14(24)8-19(16)31-20)30-11-15-12-32-21(26-15)23(25)5-3-2-4-6-23/h7-10,12H,2-6,11H2,1H3. The topological polar surface area (TPSA) is 65.5 Å². The Kier molecular flexibility index (Phi) is 5.15. The molecule has 0 N–H and O–H groups in total. The number of aromatic nitrogens is 4. The van der Waals surface area contributed by atoms with Gasteiger partial charge in [0.25, 0.3) is 0 Å². The van der Waals surface area contributed by atoms with Gasteiger partial charge in [-0.05, 0) is 44.7 Å². The molecule has 4 aromatic heterocycles. The summed E-state index contributed by atoms with van der Waals surface area (Å²) in [5.41, 5.74) is 0.717. The number of rotatable bonds is 5. The minimum Gasteiger partial charge on any atom is -0.486 e. The number of hydrogen-bond donors (Lipinski definition) is 0. The number of imidazole rings is 1. The molecule has 0 saturated heterocycles. The van der Waals surface area contributed by atoms with Crippen molar-refractivity contribution in [1.82, 2.24) is 19.6 Å².